The summed E-state index contributed by atoms with van der Waals surface area (Å²) in [4.78, 5) is 11.9. The molecular weight excluding hydrogens is 278 g/mol. The van der Waals surface area contributed by atoms with Gasteiger partial charge in [-0.25, -0.2) is 0 Å². The first-order valence-electron chi connectivity index (χ1n) is 5.89. The van der Waals surface area contributed by atoms with Crippen molar-refractivity contribution in [1.82, 2.24) is 4.57 Å². The molecule has 1 unspecified atom stereocenters. The van der Waals surface area contributed by atoms with Crippen LogP contribution in [0.4, 0.5) is 0 Å². The van der Waals surface area contributed by atoms with Crippen LogP contribution in [0.2, 0.25) is 0 Å². The van der Waals surface area contributed by atoms with E-state index in [9.17, 15) is 4.79 Å². The van der Waals surface area contributed by atoms with Crippen LogP contribution in [0.25, 0.3) is 10.9 Å². The molecule has 1 atom stereocenters. The number of ketones is 1. The van der Waals surface area contributed by atoms with Crippen LogP contribution in [0.5, 0.6) is 0 Å². The van der Waals surface area contributed by atoms with Crippen LogP contribution < -0.4 is 0 Å². The summed E-state index contributed by atoms with van der Waals surface area (Å²) in [5.74, 6) is 0.435. The lowest BCUT2D eigenvalue weighted by Crippen LogP contribution is -2.16. The minimum Gasteiger partial charge on any atom is -0.340 e. The normalized spacial score (nSPS) is 12.9. The van der Waals surface area contributed by atoms with E-state index in [1.54, 1.807) is 0 Å². The van der Waals surface area contributed by atoms with Crippen molar-refractivity contribution in [3.05, 3.63) is 34.9 Å². The molecule has 17 heavy (non-hydrogen) atoms. The third-order valence-corrected chi connectivity index (χ3v) is 3.72. The van der Waals surface area contributed by atoms with Gasteiger partial charge in [-0.2, -0.15) is 0 Å². The Balaban J connectivity index is 2.30. The highest BCUT2D eigenvalue weighted by Crippen LogP contribution is 2.21. The number of Topliss-reactive ketones (excluding diaryl/α,β-unsaturated/α-hetero) is 1. The Kier molecular flexibility index (Phi) is 3.67. The molecule has 90 valence electrons. The summed E-state index contributed by atoms with van der Waals surface area (Å²) in [6, 6.07) is 8.18. The van der Waals surface area contributed by atoms with Crippen LogP contribution in [0.3, 0.4) is 0 Å². The second-order valence-corrected chi connectivity index (χ2v) is 5.34. The SMILES string of the molecule is CCC(C)C(=O)Cn1ccc2ccc(Br)cc21. The van der Waals surface area contributed by atoms with Crippen LogP contribution in [0.15, 0.2) is 34.9 Å². The van der Waals surface area contributed by atoms with Gasteiger partial charge < -0.3 is 4.57 Å². The smallest absolute Gasteiger partial charge is 0.155 e. The highest BCUT2D eigenvalue weighted by atomic mass is 79.9. The fourth-order valence-corrected chi connectivity index (χ4v) is 2.20. The second-order valence-electron chi connectivity index (χ2n) is 4.42. The zero-order valence-corrected chi connectivity index (χ0v) is 11.7. The van der Waals surface area contributed by atoms with Crippen LogP contribution in [0, 0.1) is 5.92 Å². The molecule has 0 amide bonds. The molecule has 2 nitrogen and oxygen atoms in total. The van der Waals surface area contributed by atoms with Gasteiger partial charge in [-0.1, -0.05) is 35.8 Å². The van der Waals surface area contributed by atoms with Crippen molar-refractivity contribution in [2.75, 3.05) is 0 Å². The summed E-state index contributed by atoms with van der Waals surface area (Å²) >= 11 is 3.46. The number of aromatic nitrogens is 1. The van der Waals surface area contributed by atoms with Crippen LogP contribution in [-0.2, 0) is 11.3 Å². The Morgan fingerprint density at radius 3 is 2.88 bits per heavy atom. The van der Waals surface area contributed by atoms with Gasteiger partial charge in [0.15, 0.2) is 5.78 Å². The van der Waals surface area contributed by atoms with E-state index >= 15 is 0 Å². The summed E-state index contributed by atoms with van der Waals surface area (Å²) in [5, 5.41) is 1.17. The van der Waals surface area contributed by atoms with E-state index < -0.39 is 0 Å². The van der Waals surface area contributed by atoms with Crippen molar-refractivity contribution >= 4 is 32.6 Å². The predicted octanol–water partition coefficient (Wildman–Crippen LogP) is 4.02. The van der Waals surface area contributed by atoms with Crippen molar-refractivity contribution < 1.29 is 4.79 Å². The molecule has 0 saturated heterocycles. The third-order valence-electron chi connectivity index (χ3n) is 3.22. The van der Waals surface area contributed by atoms with Crippen LogP contribution in [0.1, 0.15) is 20.3 Å². The number of hydrogen-bond donors (Lipinski definition) is 0. The maximum Gasteiger partial charge on any atom is 0.155 e. The number of rotatable bonds is 4. The van der Waals surface area contributed by atoms with Crippen molar-refractivity contribution in [3.8, 4) is 0 Å². The van der Waals surface area contributed by atoms with Gasteiger partial charge in [-0.3, -0.25) is 4.79 Å². The van der Waals surface area contributed by atoms with E-state index in [0.717, 1.165) is 16.4 Å². The summed E-state index contributed by atoms with van der Waals surface area (Å²) in [6.07, 6.45) is 2.89. The molecular formula is C14H16BrNO. The average Bonchev–Trinajstić information content (AvgIpc) is 2.71. The first-order valence-corrected chi connectivity index (χ1v) is 6.68. The molecule has 1 heterocycles. The average molecular weight is 294 g/mol. The van der Waals surface area contributed by atoms with Crippen LogP contribution >= 0.6 is 15.9 Å². The number of benzene rings is 1. The Morgan fingerprint density at radius 1 is 1.41 bits per heavy atom. The van der Waals surface area contributed by atoms with Gasteiger partial charge in [0.2, 0.25) is 0 Å². The number of hydrogen-bond acceptors (Lipinski definition) is 1. The summed E-state index contributed by atoms with van der Waals surface area (Å²) in [5.41, 5.74) is 1.11. The van der Waals surface area contributed by atoms with Crippen molar-refractivity contribution in [1.29, 1.82) is 0 Å². The predicted molar refractivity (Wildman–Crippen MR) is 74.1 cm³/mol. The lowest BCUT2D eigenvalue weighted by Gasteiger charge is -2.09. The maximum absolute atomic E-state index is 11.9. The zero-order chi connectivity index (χ0) is 12.4. The number of carbonyl (C=O) groups excluding carboxylic acids is 1. The molecule has 1 aromatic carbocycles. The van der Waals surface area contributed by atoms with Gasteiger partial charge in [-0.15, -0.1) is 0 Å². The second kappa shape index (κ2) is 5.05. The summed E-state index contributed by atoms with van der Waals surface area (Å²) < 4.78 is 3.06. The molecule has 3 heteroatoms. The molecule has 0 bridgehead atoms. The topological polar surface area (TPSA) is 22.0 Å². The van der Waals surface area contributed by atoms with Gasteiger partial charge in [0.25, 0.3) is 0 Å². The van der Waals surface area contributed by atoms with Gasteiger partial charge in [0.05, 0.1) is 6.54 Å². The fourth-order valence-electron chi connectivity index (χ4n) is 1.85. The number of nitrogens with zero attached hydrogens (tertiary/aromatic N) is 1. The van der Waals surface area contributed by atoms with Gasteiger partial charge in [0, 0.05) is 22.1 Å². The van der Waals surface area contributed by atoms with Crippen molar-refractivity contribution in [2.24, 2.45) is 5.92 Å². The molecule has 2 aromatic rings. The van der Waals surface area contributed by atoms with Crippen molar-refractivity contribution in [3.63, 3.8) is 0 Å². The number of carbonyl (C=O) groups is 1. The monoisotopic (exact) mass is 293 g/mol. The Labute approximate surface area is 110 Å². The number of fused-ring (bicyclic) bond motifs is 1. The maximum atomic E-state index is 11.9. The largest absolute Gasteiger partial charge is 0.340 e. The van der Waals surface area contributed by atoms with E-state index in [1.807, 2.05) is 36.7 Å². The molecule has 0 spiro atoms. The number of halogens is 1. The van der Waals surface area contributed by atoms with Crippen LogP contribution in [-0.4, -0.2) is 10.4 Å². The first-order chi connectivity index (χ1) is 8.11. The molecule has 0 aliphatic heterocycles. The van der Waals surface area contributed by atoms with E-state index in [1.165, 1.54) is 5.39 Å². The molecule has 1 aromatic heterocycles. The molecule has 0 saturated carbocycles. The zero-order valence-electron chi connectivity index (χ0n) is 10.1. The van der Waals surface area contributed by atoms with E-state index in [4.69, 9.17) is 0 Å². The highest BCUT2D eigenvalue weighted by Gasteiger charge is 2.12. The van der Waals surface area contributed by atoms with Gasteiger partial charge in [-0.05, 0) is 30.0 Å². The Morgan fingerprint density at radius 2 is 2.18 bits per heavy atom. The molecule has 0 N–H and O–H groups in total. The van der Waals surface area contributed by atoms with E-state index in [2.05, 4.69) is 28.1 Å². The first kappa shape index (κ1) is 12.4. The van der Waals surface area contributed by atoms with Crippen molar-refractivity contribution in [2.45, 2.75) is 26.8 Å². The molecule has 0 aliphatic rings. The lowest BCUT2D eigenvalue weighted by molar-refractivity contribution is -0.122. The Bertz CT molecular complexity index is 544. The minimum absolute atomic E-state index is 0.139. The lowest BCUT2D eigenvalue weighted by atomic mass is 10.0. The quantitative estimate of drug-likeness (QED) is 0.834. The van der Waals surface area contributed by atoms with Gasteiger partial charge in [0.1, 0.15) is 0 Å². The Hall–Kier alpha value is -1.09. The molecule has 0 fully saturated rings. The van der Waals surface area contributed by atoms with E-state index in [-0.39, 0.29) is 5.92 Å². The molecule has 0 aliphatic carbocycles. The van der Waals surface area contributed by atoms with E-state index in [0.29, 0.717) is 12.3 Å². The molecule has 2 rings (SSSR count). The summed E-state index contributed by atoms with van der Waals surface area (Å²) in [6.45, 7) is 4.51. The third kappa shape index (κ3) is 2.60. The standard InChI is InChI=1S/C14H16BrNO/c1-3-10(2)14(17)9-16-7-6-11-4-5-12(15)8-13(11)16/h4-8,10H,3,9H2,1-2H3. The van der Waals surface area contributed by atoms with Gasteiger partial charge >= 0.3 is 0 Å². The minimum atomic E-state index is 0.139. The summed E-state index contributed by atoms with van der Waals surface area (Å²) in [7, 11) is 0. The fraction of sp³-hybridized carbons (Fsp3) is 0.357. The highest BCUT2D eigenvalue weighted by molar-refractivity contribution is 9.10. The molecule has 0 radical (unpaired) electrons.